The second-order valence-corrected chi connectivity index (χ2v) is 7.17. The molecule has 0 radical (unpaired) electrons. The molecule has 2 aromatic carbocycles. The van der Waals surface area contributed by atoms with Crippen molar-refractivity contribution in [1.29, 1.82) is 0 Å². The van der Waals surface area contributed by atoms with Crippen molar-refractivity contribution in [2.45, 2.75) is 13.8 Å². The van der Waals surface area contributed by atoms with Gasteiger partial charge in [0, 0.05) is 5.56 Å². The van der Waals surface area contributed by atoms with Crippen molar-refractivity contribution in [3.8, 4) is 16.3 Å². The third-order valence-corrected chi connectivity index (χ3v) is 5.43. The fraction of sp³-hybridized carbons (Fsp3) is 0.105. The summed E-state index contributed by atoms with van der Waals surface area (Å²) in [6, 6.07) is 10.9. The predicted molar refractivity (Wildman–Crippen MR) is 106 cm³/mol. The van der Waals surface area contributed by atoms with E-state index >= 15 is 0 Å². The van der Waals surface area contributed by atoms with Crippen LogP contribution in [0, 0.1) is 6.92 Å². The van der Waals surface area contributed by atoms with Gasteiger partial charge in [0.25, 0.3) is 0 Å². The number of hydrogen-bond acceptors (Lipinski definition) is 6. The summed E-state index contributed by atoms with van der Waals surface area (Å²) in [6.07, 6.45) is 0. The Balaban J connectivity index is 1.86. The van der Waals surface area contributed by atoms with Gasteiger partial charge in [0.05, 0.1) is 32.6 Å². The van der Waals surface area contributed by atoms with E-state index in [2.05, 4.69) is 15.5 Å². The quantitative estimate of drug-likeness (QED) is 0.489. The zero-order chi connectivity index (χ0) is 19.6. The normalized spacial score (nSPS) is 11.4. The summed E-state index contributed by atoms with van der Waals surface area (Å²) < 4.78 is 0. The molecule has 0 unspecified atom stereocenters. The van der Waals surface area contributed by atoms with E-state index in [9.17, 15) is 9.90 Å². The smallest absolute Gasteiger partial charge is 0.335 e. The van der Waals surface area contributed by atoms with Gasteiger partial charge in [-0.2, -0.15) is 5.10 Å². The number of hydrogen-bond donors (Lipinski definition) is 2. The molecule has 0 fully saturated rings. The first-order valence-electron chi connectivity index (χ1n) is 7.93. The Bertz CT molecular complexity index is 1030. The van der Waals surface area contributed by atoms with Crippen LogP contribution in [0.25, 0.3) is 10.6 Å². The van der Waals surface area contributed by atoms with Crippen LogP contribution in [0.1, 0.15) is 27.9 Å². The van der Waals surface area contributed by atoms with E-state index in [0.717, 1.165) is 21.1 Å². The van der Waals surface area contributed by atoms with Crippen LogP contribution in [0.15, 0.2) is 47.6 Å². The van der Waals surface area contributed by atoms with Gasteiger partial charge in [-0.25, -0.2) is 9.78 Å². The summed E-state index contributed by atoms with van der Waals surface area (Å²) in [5, 5.41) is 25.8. The van der Waals surface area contributed by atoms with Gasteiger partial charge in [-0.05, 0) is 32.0 Å². The fourth-order valence-electron chi connectivity index (χ4n) is 2.39. The third-order valence-electron chi connectivity index (χ3n) is 3.78. The molecule has 3 aromatic rings. The molecular formula is C19H15ClN3O3S-. The van der Waals surface area contributed by atoms with Gasteiger partial charge in [0.2, 0.25) is 0 Å². The number of aryl methyl sites for hydroxylation is 1. The Labute approximate surface area is 164 Å². The number of thiazole rings is 1. The maximum atomic E-state index is 11.3. The van der Waals surface area contributed by atoms with Crippen molar-refractivity contribution in [3.63, 3.8) is 0 Å². The highest BCUT2D eigenvalue weighted by atomic mass is 35.5. The van der Waals surface area contributed by atoms with Gasteiger partial charge in [-0.1, -0.05) is 35.9 Å². The number of aromatic carboxylic acids is 1. The van der Waals surface area contributed by atoms with E-state index in [4.69, 9.17) is 16.7 Å². The van der Waals surface area contributed by atoms with E-state index < -0.39 is 5.97 Å². The Morgan fingerprint density at radius 3 is 2.63 bits per heavy atom. The fourth-order valence-corrected chi connectivity index (χ4v) is 3.57. The van der Waals surface area contributed by atoms with E-state index in [0.29, 0.717) is 16.4 Å². The SMILES string of the molecule is C/C(=N\Nc1cc(C(=O)O)ccc1Cl)c1sc(-c2ccc([O-])cc2)nc1C. The highest BCUT2D eigenvalue weighted by molar-refractivity contribution is 7.17. The molecule has 1 aromatic heterocycles. The minimum absolute atomic E-state index is 0.0466. The third kappa shape index (κ3) is 4.27. The first kappa shape index (κ1) is 18.9. The van der Waals surface area contributed by atoms with Crippen LogP contribution in [0.2, 0.25) is 5.02 Å². The largest absolute Gasteiger partial charge is 0.872 e. The highest BCUT2D eigenvalue weighted by Gasteiger charge is 2.12. The summed E-state index contributed by atoms with van der Waals surface area (Å²) in [5.41, 5.74) is 5.72. The molecule has 27 heavy (non-hydrogen) atoms. The monoisotopic (exact) mass is 400 g/mol. The number of nitrogens with one attached hydrogen (secondary N) is 1. The van der Waals surface area contributed by atoms with Crippen molar-refractivity contribution in [3.05, 3.63) is 63.6 Å². The minimum atomic E-state index is -1.04. The first-order valence-corrected chi connectivity index (χ1v) is 9.13. The molecule has 8 heteroatoms. The molecule has 0 aliphatic heterocycles. The van der Waals surface area contributed by atoms with Crippen LogP contribution in [0.5, 0.6) is 5.75 Å². The maximum absolute atomic E-state index is 11.3. The lowest BCUT2D eigenvalue weighted by Crippen LogP contribution is -2.02. The van der Waals surface area contributed by atoms with Gasteiger partial charge in [0.1, 0.15) is 5.01 Å². The first-order chi connectivity index (χ1) is 12.8. The molecule has 1 heterocycles. The summed E-state index contributed by atoms with van der Waals surface area (Å²) in [4.78, 5) is 16.5. The molecule has 0 bridgehead atoms. The topological polar surface area (TPSA) is 97.6 Å². The summed E-state index contributed by atoms with van der Waals surface area (Å²) in [7, 11) is 0. The van der Waals surface area contributed by atoms with Crippen LogP contribution in [0.4, 0.5) is 5.69 Å². The Hall–Kier alpha value is -2.90. The molecule has 138 valence electrons. The van der Waals surface area contributed by atoms with Gasteiger partial charge < -0.3 is 10.2 Å². The summed E-state index contributed by atoms with van der Waals surface area (Å²) in [6.45, 7) is 3.71. The van der Waals surface area contributed by atoms with Gasteiger partial charge >= 0.3 is 5.97 Å². The second-order valence-electron chi connectivity index (χ2n) is 5.77. The maximum Gasteiger partial charge on any atom is 0.335 e. The average molecular weight is 401 g/mol. The van der Waals surface area contributed by atoms with Crippen molar-refractivity contribution >= 4 is 40.3 Å². The lowest BCUT2D eigenvalue weighted by atomic mass is 10.2. The predicted octanol–water partition coefficient (Wildman–Crippen LogP) is 4.38. The Morgan fingerprint density at radius 1 is 1.26 bits per heavy atom. The van der Waals surface area contributed by atoms with Crippen LogP contribution in [-0.2, 0) is 0 Å². The molecule has 0 aliphatic carbocycles. The van der Waals surface area contributed by atoms with Gasteiger partial charge in [-0.3, -0.25) is 5.43 Å². The summed E-state index contributed by atoms with van der Waals surface area (Å²) >= 11 is 7.56. The van der Waals surface area contributed by atoms with Crippen LogP contribution < -0.4 is 10.5 Å². The van der Waals surface area contributed by atoms with Crippen molar-refractivity contribution in [1.82, 2.24) is 4.98 Å². The molecule has 0 amide bonds. The highest BCUT2D eigenvalue weighted by Crippen LogP contribution is 2.29. The van der Waals surface area contributed by atoms with Gasteiger partial charge in [0.15, 0.2) is 0 Å². The molecule has 3 rings (SSSR count). The van der Waals surface area contributed by atoms with Crippen molar-refractivity contribution in [2.24, 2.45) is 5.10 Å². The lowest BCUT2D eigenvalue weighted by Gasteiger charge is -2.06. The zero-order valence-electron chi connectivity index (χ0n) is 14.5. The molecule has 0 aliphatic rings. The number of carboxylic acids is 1. The van der Waals surface area contributed by atoms with E-state index in [1.807, 2.05) is 13.8 Å². The number of carbonyl (C=O) groups is 1. The number of aromatic nitrogens is 1. The molecule has 0 saturated carbocycles. The summed E-state index contributed by atoms with van der Waals surface area (Å²) in [5.74, 6) is -1.09. The van der Waals surface area contributed by atoms with Crippen LogP contribution in [0.3, 0.4) is 0 Å². The number of rotatable bonds is 5. The molecular weight excluding hydrogens is 386 g/mol. The molecule has 0 saturated heterocycles. The molecule has 2 N–H and O–H groups in total. The van der Waals surface area contributed by atoms with E-state index in [1.54, 1.807) is 12.1 Å². The van der Waals surface area contributed by atoms with E-state index in [-0.39, 0.29) is 11.3 Å². The number of benzene rings is 2. The molecule has 6 nitrogen and oxygen atoms in total. The van der Waals surface area contributed by atoms with Crippen LogP contribution >= 0.6 is 22.9 Å². The van der Waals surface area contributed by atoms with Gasteiger partial charge in [-0.15, -0.1) is 17.1 Å². The minimum Gasteiger partial charge on any atom is -0.872 e. The number of nitrogens with zero attached hydrogens (tertiary/aromatic N) is 2. The van der Waals surface area contributed by atoms with Crippen LogP contribution in [-0.4, -0.2) is 21.8 Å². The van der Waals surface area contributed by atoms with Crippen molar-refractivity contribution in [2.75, 3.05) is 5.43 Å². The Kier molecular flexibility index (Phi) is 5.43. The zero-order valence-corrected chi connectivity index (χ0v) is 16.1. The Morgan fingerprint density at radius 2 is 1.96 bits per heavy atom. The molecule has 0 spiro atoms. The number of carboxylic acid groups (broad SMARTS) is 1. The number of hydrazone groups is 1. The second kappa shape index (κ2) is 7.77. The standard InChI is InChI=1S/C19H16ClN3O3S/c1-10-17(27-18(21-10)12-3-6-14(24)7-4-12)11(2)22-23-16-9-13(19(25)26)5-8-15(16)20/h3-9,23-24H,1-2H3,(H,25,26)/p-1/b22-11+. The average Bonchev–Trinajstić information content (AvgIpc) is 3.03. The number of halogens is 1. The number of anilines is 1. The molecule has 0 atom stereocenters. The lowest BCUT2D eigenvalue weighted by molar-refractivity contribution is -0.268. The van der Waals surface area contributed by atoms with Crippen molar-refractivity contribution < 1.29 is 15.0 Å². The van der Waals surface area contributed by atoms with E-state index in [1.165, 1.54) is 41.7 Å².